The summed E-state index contributed by atoms with van der Waals surface area (Å²) < 4.78 is 16.1. The quantitative estimate of drug-likeness (QED) is 0.453. The topological polar surface area (TPSA) is 83.1 Å². The molecule has 1 N–H and O–H groups in total. The molecule has 0 aliphatic heterocycles. The van der Waals surface area contributed by atoms with Crippen molar-refractivity contribution in [2.45, 2.75) is 23.9 Å². The maximum atomic E-state index is 14.2. The van der Waals surface area contributed by atoms with E-state index < -0.39 is 5.82 Å². The molecule has 2 aromatic carbocycles. The molecule has 0 unspecified atom stereocenters. The van der Waals surface area contributed by atoms with Crippen molar-refractivity contribution in [2.24, 2.45) is 0 Å². The van der Waals surface area contributed by atoms with Crippen molar-refractivity contribution < 1.29 is 9.18 Å². The predicted molar refractivity (Wildman–Crippen MR) is 121 cm³/mol. The van der Waals surface area contributed by atoms with Crippen LogP contribution in [0.15, 0.2) is 59.9 Å². The third-order valence-corrected chi connectivity index (χ3v) is 6.06. The van der Waals surface area contributed by atoms with Crippen molar-refractivity contribution in [3.8, 4) is 28.6 Å². The summed E-state index contributed by atoms with van der Waals surface area (Å²) in [5, 5.41) is 12.7. The molecule has 2 aromatic heterocycles. The van der Waals surface area contributed by atoms with Gasteiger partial charge in [0, 0.05) is 28.9 Å². The minimum absolute atomic E-state index is 0.00551. The molecule has 32 heavy (non-hydrogen) atoms. The zero-order valence-electron chi connectivity index (χ0n) is 17.2. The summed E-state index contributed by atoms with van der Waals surface area (Å²) in [5.74, 6) is -0.639. The van der Waals surface area contributed by atoms with Crippen LogP contribution in [0.3, 0.4) is 0 Å². The fraction of sp³-hybridized carbons (Fsp3) is 0.167. The second-order valence-electron chi connectivity index (χ2n) is 7.60. The monoisotopic (exact) mass is 443 g/mol. The Morgan fingerprint density at radius 2 is 1.97 bits per heavy atom. The van der Waals surface area contributed by atoms with Crippen molar-refractivity contribution in [1.29, 1.82) is 5.26 Å². The number of nitriles is 1. The standard InChI is InChI=1S/C24H18FN5OS/c1-32-24-22-27-12-21(14-2-4-15(5-3-14)23(31)28-18-8-9-18)30(22)13-20(29-24)16-6-7-17(11-26)19(25)10-16/h2-7,10,12-13,18H,8-9H2,1H3,(H,28,31). The molecule has 8 heteroatoms. The van der Waals surface area contributed by atoms with Gasteiger partial charge in [0.05, 0.1) is 23.1 Å². The Morgan fingerprint density at radius 1 is 1.22 bits per heavy atom. The third-order valence-electron chi connectivity index (χ3n) is 5.40. The van der Waals surface area contributed by atoms with Gasteiger partial charge < -0.3 is 5.32 Å². The van der Waals surface area contributed by atoms with Gasteiger partial charge in [0.1, 0.15) is 16.9 Å². The van der Waals surface area contributed by atoms with Crippen molar-refractivity contribution in [3.05, 3.63) is 71.8 Å². The lowest BCUT2D eigenvalue weighted by Crippen LogP contribution is -2.25. The number of nitrogens with one attached hydrogen (secondary N) is 1. The number of carbonyl (C=O) groups excluding carboxylic acids is 1. The van der Waals surface area contributed by atoms with Gasteiger partial charge in [-0.1, -0.05) is 18.2 Å². The van der Waals surface area contributed by atoms with E-state index in [1.54, 1.807) is 24.4 Å². The van der Waals surface area contributed by atoms with Crippen molar-refractivity contribution in [1.82, 2.24) is 19.7 Å². The van der Waals surface area contributed by atoms with Crippen LogP contribution in [-0.4, -0.2) is 32.6 Å². The van der Waals surface area contributed by atoms with E-state index >= 15 is 0 Å². The molecule has 158 valence electrons. The lowest BCUT2D eigenvalue weighted by molar-refractivity contribution is 0.0951. The minimum Gasteiger partial charge on any atom is -0.349 e. The van der Waals surface area contributed by atoms with Crippen LogP contribution in [0.4, 0.5) is 4.39 Å². The largest absolute Gasteiger partial charge is 0.349 e. The van der Waals surface area contributed by atoms with Crippen LogP contribution in [0.25, 0.3) is 28.2 Å². The number of rotatable bonds is 5. The van der Waals surface area contributed by atoms with E-state index in [9.17, 15) is 9.18 Å². The van der Waals surface area contributed by atoms with Crippen LogP contribution >= 0.6 is 11.8 Å². The van der Waals surface area contributed by atoms with Gasteiger partial charge in [-0.05, 0) is 43.4 Å². The van der Waals surface area contributed by atoms with Crippen LogP contribution in [0.5, 0.6) is 0 Å². The Hall–Kier alpha value is -3.70. The van der Waals surface area contributed by atoms with E-state index in [0.717, 1.165) is 24.1 Å². The molecule has 1 aliphatic carbocycles. The highest BCUT2D eigenvalue weighted by Gasteiger charge is 2.23. The molecule has 0 atom stereocenters. The third kappa shape index (κ3) is 3.72. The number of halogens is 1. The van der Waals surface area contributed by atoms with Crippen LogP contribution < -0.4 is 5.32 Å². The molecule has 0 spiro atoms. The fourth-order valence-corrected chi connectivity index (χ4v) is 4.03. The fourth-order valence-electron chi connectivity index (χ4n) is 3.50. The molecule has 1 amide bonds. The number of imidazole rings is 1. The number of carbonyl (C=O) groups is 1. The molecule has 0 radical (unpaired) electrons. The maximum Gasteiger partial charge on any atom is 0.251 e. The zero-order valence-corrected chi connectivity index (χ0v) is 18.0. The molecule has 5 rings (SSSR count). The van der Waals surface area contributed by atoms with Crippen molar-refractivity contribution in [2.75, 3.05) is 6.26 Å². The van der Waals surface area contributed by atoms with Crippen LogP contribution in [0.2, 0.25) is 0 Å². The number of nitrogens with zero attached hydrogens (tertiary/aromatic N) is 4. The van der Waals surface area contributed by atoms with Gasteiger partial charge in [0.2, 0.25) is 0 Å². The summed E-state index contributed by atoms with van der Waals surface area (Å²) in [4.78, 5) is 21.4. The Kier molecular flexibility index (Phi) is 5.11. The molecule has 0 saturated heterocycles. The summed E-state index contributed by atoms with van der Waals surface area (Å²) in [6.45, 7) is 0. The average Bonchev–Trinajstić information content (AvgIpc) is 3.53. The summed E-state index contributed by atoms with van der Waals surface area (Å²) in [6, 6.07) is 14.0. The van der Waals surface area contributed by atoms with Crippen LogP contribution in [0, 0.1) is 17.1 Å². The van der Waals surface area contributed by atoms with Gasteiger partial charge in [0.25, 0.3) is 5.91 Å². The van der Waals surface area contributed by atoms with E-state index in [4.69, 9.17) is 5.26 Å². The first-order valence-electron chi connectivity index (χ1n) is 10.1. The Bertz CT molecular complexity index is 1390. The second kappa shape index (κ2) is 8.09. The molecule has 1 fully saturated rings. The molecular formula is C24H18FN5OS. The smallest absolute Gasteiger partial charge is 0.251 e. The molecule has 2 heterocycles. The predicted octanol–water partition coefficient (Wildman–Crippen LogP) is 4.69. The van der Waals surface area contributed by atoms with Crippen molar-refractivity contribution in [3.63, 3.8) is 0 Å². The van der Waals surface area contributed by atoms with E-state index in [2.05, 4.69) is 15.3 Å². The highest BCUT2D eigenvalue weighted by Crippen LogP contribution is 2.30. The molecule has 0 bridgehead atoms. The van der Waals surface area contributed by atoms with E-state index in [1.165, 1.54) is 23.9 Å². The summed E-state index contributed by atoms with van der Waals surface area (Å²) in [5.41, 5.74) is 4.19. The van der Waals surface area contributed by atoms with Gasteiger partial charge in [-0.3, -0.25) is 9.20 Å². The number of amides is 1. The first-order chi connectivity index (χ1) is 15.6. The van der Waals surface area contributed by atoms with Crippen molar-refractivity contribution >= 4 is 23.3 Å². The minimum atomic E-state index is -0.580. The molecule has 4 aromatic rings. The van der Waals surface area contributed by atoms with Gasteiger partial charge in [-0.2, -0.15) is 5.26 Å². The first kappa shape index (κ1) is 20.2. The summed E-state index contributed by atoms with van der Waals surface area (Å²) in [7, 11) is 0. The van der Waals surface area contributed by atoms with Gasteiger partial charge >= 0.3 is 0 Å². The van der Waals surface area contributed by atoms with E-state index in [0.29, 0.717) is 33.5 Å². The summed E-state index contributed by atoms with van der Waals surface area (Å²) >= 11 is 1.45. The number of aromatic nitrogens is 3. The number of fused-ring (bicyclic) bond motifs is 1. The number of thioether (sulfide) groups is 1. The van der Waals surface area contributed by atoms with Gasteiger partial charge in [-0.15, -0.1) is 11.8 Å². The number of hydrogen-bond donors (Lipinski definition) is 1. The average molecular weight is 444 g/mol. The highest BCUT2D eigenvalue weighted by molar-refractivity contribution is 7.98. The molecule has 1 aliphatic rings. The van der Waals surface area contributed by atoms with E-state index in [1.807, 2.05) is 35.1 Å². The maximum absolute atomic E-state index is 14.2. The van der Waals surface area contributed by atoms with Crippen LogP contribution in [0.1, 0.15) is 28.8 Å². The normalized spacial score (nSPS) is 13.2. The lowest BCUT2D eigenvalue weighted by Gasteiger charge is -2.09. The van der Waals surface area contributed by atoms with Crippen LogP contribution in [-0.2, 0) is 0 Å². The summed E-state index contributed by atoms with van der Waals surface area (Å²) in [6.07, 6.45) is 7.57. The van der Waals surface area contributed by atoms with Gasteiger partial charge in [-0.25, -0.2) is 14.4 Å². The molecule has 6 nitrogen and oxygen atoms in total. The Labute approximate surface area is 188 Å². The number of benzene rings is 2. The van der Waals surface area contributed by atoms with E-state index in [-0.39, 0.29) is 11.5 Å². The number of hydrogen-bond acceptors (Lipinski definition) is 5. The Balaban J connectivity index is 1.56. The molecular weight excluding hydrogens is 425 g/mol. The first-order valence-corrected chi connectivity index (χ1v) is 11.3. The highest BCUT2D eigenvalue weighted by atomic mass is 32.2. The zero-order chi connectivity index (χ0) is 22.2. The Morgan fingerprint density at radius 3 is 2.62 bits per heavy atom. The lowest BCUT2D eigenvalue weighted by atomic mass is 10.1. The van der Waals surface area contributed by atoms with Gasteiger partial charge in [0.15, 0.2) is 5.65 Å². The SMILES string of the molecule is CSc1nc(-c2ccc(C#N)c(F)c2)cn2c(-c3ccc(C(=O)NC4CC4)cc3)cnc12. The second-order valence-corrected chi connectivity index (χ2v) is 8.40. The molecule has 1 saturated carbocycles.